The molecule has 1 aliphatic carbocycles. The zero-order valence-corrected chi connectivity index (χ0v) is 18.2. The van der Waals surface area contributed by atoms with E-state index >= 15 is 0 Å². The Kier molecular flexibility index (Phi) is 6.81. The normalized spacial score (nSPS) is 18.8. The average Bonchev–Trinajstić information content (AvgIpc) is 3.12. The highest BCUT2D eigenvalue weighted by molar-refractivity contribution is 5.93. The Labute approximate surface area is 182 Å². The molecule has 1 atom stereocenters. The van der Waals surface area contributed by atoms with Gasteiger partial charge in [0, 0.05) is 44.8 Å². The number of carbonyl (C=O) groups excluding carboxylic acids is 1. The van der Waals surface area contributed by atoms with Crippen molar-refractivity contribution in [3.8, 4) is 0 Å². The highest BCUT2D eigenvalue weighted by atomic mass is 16.5. The highest BCUT2D eigenvalue weighted by Crippen LogP contribution is 2.27. The van der Waals surface area contributed by atoms with E-state index in [2.05, 4.69) is 31.0 Å². The van der Waals surface area contributed by atoms with Gasteiger partial charge < -0.3 is 20.7 Å². The third-order valence-corrected chi connectivity index (χ3v) is 5.87. The van der Waals surface area contributed by atoms with Crippen LogP contribution in [0.4, 0.5) is 5.69 Å². The molecule has 9 heteroatoms. The van der Waals surface area contributed by atoms with Gasteiger partial charge in [-0.15, -0.1) is 0 Å². The summed E-state index contributed by atoms with van der Waals surface area (Å²) in [6.45, 7) is 1.79. The number of nitrogens with zero attached hydrogens (tertiary/aromatic N) is 4. The van der Waals surface area contributed by atoms with Gasteiger partial charge in [0.05, 0.1) is 6.54 Å². The van der Waals surface area contributed by atoms with Gasteiger partial charge in [0.25, 0.3) is 0 Å². The predicted molar refractivity (Wildman–Crippen MR) is 119 cm³/mol. The van der Waals surface area contributed by atoms with Gasteiger partial charge in [-0.2, -0.15) is 5.10 Å². The maximum Gasteiger partial charge on any atom is 0.227 e. The molecule has 1 aromatic heterocycles. The van der Waals surface area contributed by atoms with E-state index in [1.54, 1.807) is 14.2 Å². The lowest BCUT2D eigenvalue weighted by Crippen LogP contribution is -2.46. The van der Waals surface area contributed by atoms with E-state index < -0.39 is 0 Å². The number of guanidine groups is 1. The van der Waals surface area contributed by atoms with E-state index in [0.29, 0.717) is 13.2 Å². The molecule has 2 aromatic rings. The number of anilines is 1. The van der Waals surface area contributed by atoms with Crippen molar-refractivity contribution in [1.82, 2.24) is 25.4 Å². The number of hydrogen-bond donors (Lipinski definition) is 3. The molecule has 4 rings (SSSR count). The zero-order chi connectivity index (χ0) is 21.6. The van der Waals surface area contributed by atoms with Gasteiger partial charge in [-0.25, -0.2) is 9.67 Å². The van der Waals surface area contributed by atoms with Crippen molar-refractivity contribution in [3.63, 3.8) is 0 Å². The van der Waals surface area contributed by atoms with Crippen LogP contribution in [0.2, 0.25) is 0 Å². The molecule has 1 unspecified atom stereocenters. The lowest BCUT2D eigenvalue weighted by atomic mass is 9.85. The van der Waals surface area contributed by atoms with Crippen molar-refractivity contribution in [2.75, 3.05) is 19.5 Å². The number of hydrogen-bond acceptors (Lipinski definition) is 5. The minimum atomic E-state index is 0.132. The fourth-order valence-electron chi connectivity index (χ4n) is 3.92. The molecule has 9 nitrogen and oxygen atoms in total. The summed E-state index contributed by atoms with van der Waals surface area (Å²) in [5.74, 6) is 2.79. The summed E-state index contributed by atoms with van der Waals surface area (Å²) in [5, 5.41) is 14.4. The molecule has 1 saturated carbocycles. The first kappa shape index (κ1) is 21.3. The third-order valence-electron chi connectivity index (χ3n) is 5.87. The number of aryl methyl sites for hydroxylation is 1. The largest absolute Gasteiger partial charge is 0.377 e. The van der Waals surface area contributed by atoms with Crippen molar-refractivity contribution < 1.29 is 9.53 Å². The number of aromatic nitrogens is 3. The summed E-state index contributed by atoms with van der Waals surface area (Å²) in [7, 11) is 3.42. The Bertz CT molecular complexity index is 936. The van der Waals surface area contributed by atoms with E-state index in [-0.39, 0.29) is 17.9 Å². The molecule has 166 valence electrons. The van der Waals surface area contributed by atoms with Gasteiger partial charge in [-0.3, -0.25) is 9.79 Å². The minimum absolute atomic E-state index is 0.132. The number of ether oxygens (including phenoxy) is 1. The molecule has 0 saturated heterocycles. The van der Waals surface area contributed by atoms with Gasteiger partial charge in [-0.05, 0) is 37.0 Å². The number of methoxy groups -OCH3 is 1. The number of rotatable bonds is 7. The standard InChI is InChI=1S/C22H31N7O2/c1-23-22(26-18-9-10-20-27-19(14-31-2)28-29(20)13-18)24-12-15-5-3-8-17(11-15)25-21(30)16-6-4-7-16/h3,5,8,11,16,18H,4,6-7,9-10,12-14H2,1-2H3,(H,25,30)(H2,23,24,26). The van der Waals surface area contributed by atoms with E-state index in [1.807, 2.05) is 28.9 Å². The summed E-state index contributed by atoms with van der Waals surface area (Å²) in [6, 6.07) is 8.18. The number of amides is 1. The predicted octanol–water partition coefficient (Wildman–Crippen LogP) is 1.84. The van der Waals surface area contributed by atoms with Gasteiger partial charge in [0.2, 0.25) is 5.91 Å². The molecule has 0 radical (unpaired) electrons. The summed E-state index contributed by atoms with van der Waals surface area (Å²) in [6.07, 6.45) is 4.99. The Morgan fingerprint density at radius 1 is 1.32 bits per heavy atom. The molecule has 0 spiro atoms. The lowest BCUT2D eigenvalue weighted by Gasteiger charge is -2.25. The second-order valence-electron chi connectivity index (χ2n) is 8.18. The van der Waals surface area contributed by atoms with Crippen LogP contribution in [0.1, 0.15) is 42.9 Å². The fraction of sp³-hybridized carbons (Fsp3) is 0.545. The molecule has 2 heterocycles. The van der Waals surface area contributed by atoms with Crippen LogP contribution in [0.5, 0.6) is 0 Å². The van der Waals surface area contributed by atoms with Crippen LogP contribution < -0.4 is 16.0 Å². The summed E-state index contributed by atoms with van der Waals surface area (Å²) >= 11 is 0. The molecular formula is C22H31N7O2. The molecule has 1 fully saturated rings. The monoisotopic (exact) mass is 425 g/mol. The zero-order valence-electron chi connectivity index (χ0n) is 18.2. The van der Waals surface area contributed by atoms with Crippen molar-refractivity contribution in [3.05, 3.63) is 41.5 Å². The van der Waals surface area contributed by atoms with Crippen LogP contribution in [0.3, 0.4) is 0 Å². The maximum atomic E-state index is 12.2. The SMILES string of the molecule is CN=C(NCc1cccc(NC(=O)C2CCC2)c1)NC1CCc2nc(COC)nn2C1. The van der Waals surface area contributed by atoms with Crippen LogP contribution in [-0.4, -0.2) is 46.8 Å². The highest BCUT2D eigenvalue weighted by Gasteiger charge is 2.25. The van der Waals surface area contributed by atoms with Crippen LogP contribution in [0, 0.1) is 5.92 Å². The van der Waals surface area contributed by atoms with Crippen LogP contribution in [-0.2, 0) is 35.6 Å². The van der Waals surface area contributed by atoms with Gasteiger partial charge in [-0.1, -0.05) is 18.6 Å². The summed E-state index contributed by atoms with van der Waals surface area (Å²) < 4.78 is 7.09. The number of fused-ring (bicyclic) bond motifs is 1. The lowest BCUT2D eigenvalue weighted by molar-refractivity contribution is -0.122. The second-order valence-corrected chi connectivity index (χ2v) is 8.18. The molecule has 1 amide bonds. The Morgan fingerprint density at radius 3 is 2.94 bits per heavy atom. The Balaban J connectivity index is 1.28. The number of nitrogens with one attached hydrogen (secondary N) is 3. The Hall–Kier alpha value is -2.94. The molecule has 0 bridgehead atoms. The van der Waals surface area contributed by atoms with Gasteiger partial charge >= 0.3 is 0 Å². The van der Waals surface area contributed by atoms with E-state index in [0.717, 1.165) is 67.5 Å². The van der Waals surface area contributed by atoms with Gasteiger partial charge in [0.15, 0.2) is 11.8 Å². The first-order chi connectivity index (χ1) is 15.1. The van der Waals surface area contributed by atoms with Gasteiger partial charge in [0.1, 0.15) is 12.4 Å². The quantitative estimate of drug-likeness (QED) is 0.462. The molecule has 1 aliphatic heterocycles. The number of carbonyl (C=O) groups is 1. The molecule has 31 heavy (non-hydrogen) atoms. The first-order valence-corrected chi connectivity index (χ1v) is 10.9. The molecular weight excluding hydrogens is 394 g/mol. The third kappa shape index (κ3) is 5.41. The fourth-order valence-corrected chi connectivity index (χ4v) is 3.92. The van der Waals surface area contributed by atoms with Crippen LogP contribution >= 0.6 is 0 Å². The molecule has 2 aliphatic rings. The summed E-state index contributed by atoms with van der Waals surface area (Å²) in [4.78, 5) is 21.1. The van der Waals surface area contributed by atoms with E-state index in [1.165, 1.54) is 0 Å². The number of benzene rings is 1. The molecule has 1 aromatic carbocycles. The average molecular weight is 426 g/mol. The van der Waals surface area contributed by atoms with E-state index in [4.69, 9.17) is 4.74 Å². The topological polar surface area (TPSA) is 105 Å². The minimum Gasteiger partial charge on any atom is -0.377 e. The van der Waals surface area contributed by atoms with Crippen LogP contribution in [0.15, 0.2) is 29.3 Å². The smallest absolute Gasteiger partial charge is 0.227 e. The van der Waals surface area contributed by atoms with Crippen molar-refractivity contribution in [1.29, 1.82) is 0 Å². The van der Waals surface area contributed by atoms with Crippen molar-refractivity contribution in [2.24, 2.45) is 10.9 Å². The van der Waals surface area contributed by atoms with E-state index in [9.17, 15) is 4.79 Å². The van der Waals surface area contributed by atoms with Crippen molar-refractivity contribution in [2.45, 2.75) is 57.8 Å². The maximum absolute atomic E-state index is 12.2. The van der Waals surface area contributed by atoms with Crippen molar-refractivity contribution >= 4 is 17.6 Å². The summed E-state index contributed by atoms with van der Waals surface area (Å²) in [5.41, 5.74) is 1.93. The number of aliphatic imine (C=N–C) groups is 1. The molecule has 3 N–H and O–H groups in total. The Morgan fingerprint density at radius 2 is 2.19 bits per heavy atom. The van der Waals surface area contributed by atoms with Crippen LogP contribution in [0.25, 0.3) is 0 Å². The first-order valence-electron chi connectivity index (χ1n) is 10.9. The second kappa shape index (κ2) is 9.91.